The predicted octanol–water partition coefficient (Wildman–Crippen LogP) is 3.33. The van der Waals surface area contributed by atoms with Crippen molar-refractivity contribution in [1.82, 2.24) is 20.1 Å². The zero-order valence-electron chi connectivity index (χ0n) is 25.1. The maximum atomic E-state index is 13.6. The number of esters is 1. The molecule has 0 bridgehead atoms. The first-order valence-electron chi connectivity index (χ1n) is 14.5. The number of carboxylic acid groups (broad SMARTS) is 1. The zero-order valence-corrected chi connectivity index (χ0v) is 25.1. The molecular weight excluding hydrogens is 597 g/mol. The smallest absolute Gasteiger partial charge is 0.490 e. The summed E-state index contributed by atoms with van der Waals surface area (Å²) in [6.07, 6.45) is -3.51. The van der Waals surface area contributed by atoms with Crippen LogP contribution in [-0.2, 0) is 31.1 Å². The Kier molecular flexibility index (Phi) is 10.9. The molecule has 244 valence electrons. The second-order valence-corrected chi connectivity index (χ2v) is 10.6. The van der Waals surface area contributed by atoms with Gasteiger partial charge >= 0.3 is 18.1 Å². The number of fused-ring (bicyclic) bond motifs is 4. The largest absolute Gasteiger partial charge is 0.497 e. The highest BCUT2D eigenvalue weighted by Crippen LogP contribution is 2.45. The standard InChI is InChI=1S/C29H36N4O5.C2HF3O2/c1-3-37-27(35)19-30-18-26(34)33-13-11-23-24-17-22(36-2)9-10-25(24)31-28(23)29(33)12-14-32(20-29)15-16-38-21-7-5-4-6-8-21;3-2(4,5)1(6)7/h4-10,17,30-31H,3,11-16,18-20H2,1-2H3;(H,6,7). The first-order chi connectivity index (χ1) is 21.5. The summed E-state index contributed by atoms with van der Waals surface area (Å²) in [4.78, 5) is 42.3. The highest BCUT2D eigenvalue weighted by Gasteiger charge is 2.50. The van der Waals surface area contributed by atoms with Crippen molar-refractivity contribution in [3.8, 4) is 11.5 Å². The van der Waals surface area contributed by atoms with E-state index in [2.05, 4.69) is 21.3 Å². The van der Waals surface area contributed by atoms with Gasteiger partial charge in [-0.1, -0.05) is 18.2 Å². The Morgan fingerprint density at radius 2 is 1.80 bits per heavy atom. The molecule has 14 heteroatoms. The molecule has 2 aromatic carbocycles. The third-order valence-electron chi connectivity index (χ3n) is 7.82. The number of hydrogen-bond donors (Lipinski definition) is 3. The highest BCUT2D eigenvalue weighted by atomic mass is 19.4. The molecule has 0 saturated carbocycles. The number of carboxylic acids is 1. The minimum atomic E-state index is -5.08. The van der Waals surface area contributed by atoms with Gasteiger partial charge in [0.05, 0.1) is 32.3 Å². The number of H-pyrrole nitrogens is 1. The Bertz CT molecular complexity index is 1480. The van der Waals surface area contributed by atoms with E-state index in [1.54, 1.807) is 14.0 Å². The lowest BCUT2D eigenvalue weighted by molar-refractivity contribution is -0.192. The Hall–Kier alpha value is -4.30. The van der Waals surface area contributed by atoms with Crippen molar-refractivity contribution in [2.75, 3.05) is 59.6 Å². The van der Waals surface area contributed by atoms with Gasteiger partial charge in [0.2, 0.25) is 5.91 Å². The van der Waals surface area contributed by atoms with Crippen molar-refractivity contribution in [3.05, 3.63) is 59.8 Å². The number of nitrogens with one attached hydrogen (secondary N) is 2. The average molecular weight is 635 g/mol. The average Bonchev–Trinajstić information content (AvgIpc) is 3.60. The van der Waals surface area contributed by atoms with Gasteiger partial charge in [0, 0.05) is 42.8 Å². The lowest BCUT2D eigenvalue weighted by Crippen LogP contribution is -2.57. The number of aromatic nitrogens is 1. The van der Waals surface area contributed by atoms with E-state index in [-0.39, 0.29) is 25.0 Å². The van der Waals surface area contributed by atoms with Crippen molar-refractivity contribution in [2.45, 2.75) is 31.5 Å². The van der Waals surface area contributed by atoms with Crippen LogP contribution in [0.5, 0.6) is 11.5 Å². The van der Waals surface area contributed by atoms with Gasteiger partial charge in [0.15, 0.2) is 0 Å². The maximum Gasteiger partial charge on any atom is 0.490 e. The molecule has 11 nitrogen and oxygen atoms in total. The Balaban J connectivity index is 0.000000591. The number of para-hydroxylation sites is 1. The number of hydrogen-bond acceptors (Lipinski definition) is 8. The fourth-order valence-electron chi connectivity index (χ4n) is 5.82. The number of amides is 1. The molecule has 2 aliphatic heterocycles. The number of alkyl halides is 3. The van der Waals surface area contributed by atoms with E-state index < -0.39 is 17.7 Å². The van der Waals surface area contributed by atoms with Gasteiger partial charge < -0.3 is 29.2 Å². The molecule has 3 N–H and O–H groups in total. The number of halogens is 3. The molecule has 1 fully saturated rings. The quantitative estimate of drug-likeness (QED) is 0.287. The van der Waals surface area contributed by atoms with Gasteiger partial charge in [-0.2, -0.15) is 13.2 Å². The first-order valence-corrected chi connectivity index (χ1v) is 14.5. The van der Waals surface area contributed by atoms with Crippen molar-refractivity contribution in [3.63, 3.8) is 0 Å². The SMILES string of the molecule is CCOC(=O)CNCC(=O)N1CCc2c([nH]c3ccc(OC)cc23)C12CCN(CCOc1ccccc1)C2.O=C(O)C(F)(F)F. The molecule has 45 heavy (non-hydrogen) atoms. The normalized spacial score (nSPS) is 17.8. The van der Waals surface area contributed by atoms with Crippen molar-refractivity contribution >= 4 is 28.7 Å². The number of likely N-dealkylation sites (tertiary alicyclic amines) is 1. The van der Waals surface area contributed by atoms with Crippen LogP contribution in [0.3, 0.4) is 0 Å². The summed E-state index contributed by atoms with van der Waals surface area (Å²) in [5.41, 5.74) is 2.94. The van der Waals surface area contributed by atoms with E-state index in [4.69, 9.17) is 24.1 Å². The van der Waals surface area contributed by atoms with Crippen LogP contribution in [0.1, 0.15) is 24.6 Å². The summed E-state index contributed by atoms with van der Waals surface area (Å²) < 4.78 is 48.2. The van der Waals surface area contributed by atoms with Crippen LogP contribution in [0.25, 0.3) is 10.9 Å². The molecular formula is C31H37F3N4O7. The second-order valence-electron chi connectivity index (χ2n) is 10.6. The number of carbonyl (C=O) groups excluding carboxylic acids is 2. The summed E-state index contributed by atoms with van der Waals surface area (Å²) >= 11 is 0. The van der Waals surface area contributed by atoms with E-state index in [9.17, 15) is 22.8 Å². The minimum absolute atomic E-state index is 0.0147. The molecule has 1 amide bonds. The van der Waals surface area contributed by atoms with Crippen LogP contribution in [-0.4, -0.2) is 104 Å². The van der Waals surface area contributed by atoms with Crippen LogP contribution in [0, 0.1) is 0 Å². The molecule has 3 heterocycles. The fraction of sp³-hybridized carbons (Fsp3) is 0.452. The molecule has 5 rings (SSSR count). The zero-order chi connectivity index (χ0) is 32.6. The predicted molar refractivity (Wildman–Crippen MR) is 158 cm³/mol. The monoisotopic (exact) mass is 634 g/mol. The van der Waals surface area contributed by atoms with Gasteiger partial charge in [-0.3, -0.25) is 19.8 Å². The number of methoxy groups -OCH3 is 1. The lowest BCUT2D eigenvalue weighted by atomic mass is 9.83. The van der Waals surface area contributed by atoms with Crippen molar-refractivity contribution in [2.24, 2.45) is 0 Å². The molecule has 0 radical (unpaired) electrons. The van der Waals surface area contributed by atoms with Gasteiger partial charge in [-0.15, -0.1) is 0 Å². The molecule has 3 aromatic rings. The molecule has 1 aromatic heterocycles. The molecule has 1 saturated heterocycles. The van der Waals surface area contributed by atoms with Gasteiger partial charge in [0.25, 0.3) is 0 Å². The van der Waals surface area contributed by atoms with E-state index >= 15 is 0 Å². The number of carbonyl (C=O) groups is 3. The van der Waals surface area contributed by atoms with Crippen molar-refractivity contribution < 1.29 is 46.9 Å². The first kappa shape index (κ1) is 33.6. The summed E-state index contributed by atoms with van der Waals surface area (Å²) in [5.74, 6) is -1.45. The van der Waals surface area contributed by atoms with Gasteiger partial charge in [0.1, 0.15) is 18.1 Å². The Morgan fingerprint density at radius 1 is 1.07 bits per heavy atom. The topological polar surface area (TPSA) is 133 Å². The fourth-order valence-corrected chi connectivity index (χ4v) is 5.82. The Labute approximate surface area is 258 Å². The molecule has 1 atom stereocenters. The second kappa shape index (κ2) is 14.7. The number of rotatable bonds is 10. The number of ether oxygens (including phenoxy) is 3. The molecule has 2 aliphatic rings. The number of benzene rings is 2. The molecule has 1 spiro atoms. The third kappa shape index (κ3) is 8.05. The molecule has 1 unspecified atom stereocenters. The number of aliphatic carboxylic acids is 1. The lowest BCUT2D eigenvalue weighted by Gasteiger charge is -2.45. The van der Waals surface area contributed by atoms with Crippen LogP contribution < -0.4 is 14.8 Å². The summed E-state index contributed by atoms with van der Waals surface area (Å²) in [6.45, 7) is 5.72. The maximum absolute atomic E-state index is 13.6. The van der Waals surface area contributed by atoms with E-state index in [1.165, 1.54) is 5.56 Å². The van der Waals surface area contributed by atoms with E-state index in [1.807, 2.05) is 47.4 Å². The summed E-state index contributed by atoms with van der Waals surface area (Å²) in [6, 6.07) is 15.9. The van der Waals surface area contributed by atoms with Gasteiger partial charge in [-0.25, -0.2) is 4.79 Å². The van der Waals surface area contributed by atoms with E-state index in [0.717, 1.165) is 54.0 Å². The summed E-state index contributed by atoms with van der Waals surface area (Å²) in [5, 5.41) is 11.3. The number of aromatic amines is 1. The Morgan fingerprint density at radius 3 is 2.47 bits per heavy atom. The van der Waals surface area contributed by atoms with Gasteiger partial charge in [-0.05, 0) is 55.7 Å². The third-order valence-corrected chi connectivity index (χ3v) is 7.82. The van der Waals surface area contributed by atoms with E-state index in [0.29, 0.717) is 26.3 Å². The van der Waals surface area contributed by atoms with Crippen LogP contribution in [0.15, 0.2) is 48.5 Å². The van der Waals surface area contributed by atoms with Crippen LogP contribution >= 0.6 is 0 Å². The minimum Gasteiger partial charge on any atom is -0.497 e. The summed E-state index contributed by atoms with van der Waals surface area (Å²) in [7, 11) is 1.68. The van der Waals surface area contributed by atoms with Crippen LogP contribution in [0.4, 0.5) is 13.2 Å². The van der Waals surface area contributed by atoms with Crippen molar-refractivity contribution in [1.29, 1.82) is 0 Å². The highest BCUT2D eigenvalue weighted by molar-refractivity contribution is 5.88. The van der Waals surface area contributed by atoms with Crippen LogP contribution in [0.2, 0.25) is 0 Å². The number of nitrogens with zero attached hydrogens (tertiary/aromatic N) is 2. The molecule has 0 aliphatic carbocycles.